The van der Waals surface area contributed by atoms with Crippen LogP contribution in [0.1, 0.15) is 38.3 Å². The molecular weight excluding hydrogens is 212 g/mol. The van der Waals surface area contributed by atoms with Crippen molar-refractivity contribution in [3.8, 4) is 0 Å². The summed E-state index contributed by atoms with van der Waals surface area (Å²) in [5, 5.41) is 10.2. The first-order valence-corrected chi connectivity index (χ1v) is 6.31. The molecule has 0 aromatic heterocycles. The van der Waals surface area contributed by atoms with Crippen LogP contribution in [-0.4, -0.2) is 23.8 Å². The average molecular weight is 234 g/mol. The Morgan fingerprint density at radius 3 is 2.76 bits per heavy atom. The van der Waals surface area contributed by atoms with Crippen LogP contribution in [0.2, 0.25) is 0 Å². The maximum absolute atomic E-state index is 10.2. The van der Waals surface area contributed by atoms with Crippen molar-refractivity contribution in [3.05, 3.63) is 29.8 Å². The number of piperidine rings is 1. The number of aliphatic hydroxyl groups is 1. The summed E-state index contributed by atoms with van der Waals surface area (Å²) in [6.07, 6.45) is 1.91. The van der Waals surface area contributed by atoms with E-state index in [0.29, 0.717) is 6.54 Å². The van der Waals surface area contributed by atoms with Crippen LogP contribution >= 0.6 is 0 Å². The summed E-state index contributed by atoms with van der Waals surface area (Å²) in [7, 11) is 0. The van der Waals surface area contributed by atoms with Crippen molar-refractivity contribution >= 4 is 5.69 Å². The molecule has 0 saturated carbocycles. The van der Waals surface area contributed by atoms with E-state index in [9.17, 15) is 5.11 Å². The summed E-state index contributed by atoms with van der Waals surface area (Å²) in [4.78, 5) is 2.25. The predicted molar refractivity (Wildman–Crippen MR) is 71.1 cm³/mol. The van der Waals surface area contributed by atoms with Gasteiger partial charge in [-0.2, -0.15) is 0 Å². The van der Waals surface area contributed by atoms with E-state index in [4.69, 9.17) is 5.73 Å². The van der Waals surface area contributed by atoms with Gasteiger partial charge in [-0.25, -0.2) is 0 Å². The van der Waals surface area contributed by atoms with Gasteiger partial charge in [-0.3, -0.25) is 0 Å². The average Bonchev–Trinajstić information content (AvgIpc) is 2.27. The Labute approximate surface area is 103 Å². The maximum atomic E-state index is 10.2. The van der Waals surface area contributed by atoms with Crippen LogP contribution in [0.4, 0.5) is 5.69 Å². The van der Waals surface area contributed by atoms with Gasteiger partial charge in [0.2, 0.25) is 0 Å². The molecule has 1 fully saturated rings. The quantitative estimate of drug-likeness (QED) is 0.823. The fraction of sp³-hybridized carbons (Fsp3) is 0.571. The fourth-order valence-electron chi connectivity index (χ4n) is 2.59. The third-order valence-electron chi connectivity index (χ3n) is 3.44. The second kappa shape index (κ2) is 4.67. The highest BCUT2D eigenvalue weighted by Crippen LogP contribution is 2.30. The first-order chi connectivity index (χ1) is 7.99. The zero-order valence-corrected chi connectivity index (χ0v) is 10.7. The van der Waals surface area contributed by atoms with Crippen molar-refractivity contribution in [1.29, 1.82) is 0 Å². The van der Waals surface area contributed by atoms with Gasteiger partial charge in [-0.15, -0.1) is 0 Å². The minimum atomic E-state index is -0.580. The van der Waals surface area contributed by atoms with Crippen LogP contribution in [0.5, 0.6) is 0 Å². The van der Waals surface area contributed by atoms with Gasteiger partial charge in [0, 0.05) is 24.8 Å². The molecule has 2 atom stereocenters. The zero-order chi connectivity index (χ0) is 12.5. The minimum absolute atomic E-state index is 0.0260. The maximum Gasteiger partial charge on any atom is 0.0794 e. The Bertz CT molecular complexity index is 388. The number of para-hydroxylation sites is 1. The minimum Gasteiger partial charge on any atom is -0.388 e. The molecule has 0 bridgehead atoms. The number of anilines is 1. The van der Waals surface area contributed by atoms with Gasteiger partial charge in [-0.1, -0.05) is 18.2 Å². The van der Waals surface area contributed by atoms with Crippen LogP contribution in [0, 0.1) is 0 Å². The summed E-state index contributed by atoms with van der Waals surface area (Å²) in [5.74, 6) is 0. The number of nitrogens with zero attached hydrogens (tertiary/aromatic N) is 1. The lowest BCUT2D eigenvalue weighted by Crippen LogP contribution is -2.46. The van der Waals surface area contributed by atoms with E-state index in [2.05, 4.69) is 17.0 Å². The second-order valence-electron chi connectivity index (χ2n) is 5.37. The normalized spacial score (nSPS) is 26.9. The van der Waals surface area contributed by atoms with Crippen molar-refractivity contribution in [3.63, 3.8) is 0 Å². The Balaban J connectivity index is 2.27. The lowest BCUT2D eigenvalue weighted by atomic mass is 9.93. The van der Waals surface area contributed by atoms with E-state index in [1.54, 1.807) is 0 Å². The number of hydrogen-bond acceptors (Lipinski definition) is 3. The van der Waals surface area contributed by atoms with E-state index in [1.165, 1.54) is 5.69 Å². The molecule has 1 aliphatic heterocycles. The summed E-state index contributed by atoms with van der Waals surface area (Å²) < 4.78 is 0. The molecule has 0 aliphatic carbocycles. The Hall–Kier alpha value is -1.06. The van der Waals surface area contributed by atoms with Crippen molar-refractivity contribution in [2.45, 2.75) is 38.3 Å². The Morgan fingerprint density at radius 2 is 2.12 bits per heavy atom. The number of benzene rings is 1. The van der Waals surface area contributed by atoms with Gasteiger partial charge >= 0.3 is 0 Å². The van der Waals surface area contributed by atoms with Gasteiger partial charge < -0.3 is 15.7 Å². The van der Waals surface area contributed by atoms with E-state index in [0.717, 1.165) is 24.9 Å². The monoisotopic (exact) mass is 234 g/mol. The molecule has 3 nitrogen and oxygen atoms in total. The highest BCUT2D eigenvalue weighted by atomic mass is 16.3. The van der Waals surface area contributed by atoms with Gasteiger partial charge in [0.15, 0.2) is 0 Å². The fourth-order valence-corrected chi connectivity index (χ4v) is 2.59. The molecule has 0 spiro atoms. The smallest absolute Gasteiger partial charge is 0.0794 e. The highest BCUT2D eigenvalue weighted by Gasteiger charge is 2.29. The predicted octanol–water partition coefficient (Wildman–Crippen LogP) is 2.06. The van der Waals surface area contributed by atoms with Gasteiger partial charge in [-0.05, 0) is 38.3 Å². The van der Waals surface area contributed by atoms with Gasteiger partial charge in [0.25, 0.3) is 0 Å². The standard InChI is InChI=1S/C14H22N2O/c1-11(15)12-6-3-4-7-13(12)16-9-5-8-14(2,17)10-16/h3-4,6-7,11,17H,5,8-10,15H2,1-2H3/t11-,14?/m0/s1. The van der Waals surface area contributed by atoms with Crippen LogP contribution in [-0.2, 0) is 0 Å². The SMILES string of the molecule is C[C@H](N)c1ccccc1N1CCCC(C)(O)C1. The van der Waals surface area contributed by atoms with Crippen LogP contribution in [0.25, 0.3) is 0 Å². The Morgan fingerprint density at radius 1 is 1.41 bits per heavy atom. The van der Waals surface area contributed by atoms with Crippen molar-refractivity contribution < 1.29 is 5.11 Å². The molecule has 1 aliphatic rings. The molecule has 17 heavy (non-hydrogen) atoms. The third-order valence-corrected chi connectivity index (χ3v) is 3.44. The molecule has 1 aromatic carbocycles. The zero-order valence-electron chi connectivity index (χ0n) is 10.7. The van der Waals surface area contributed by atoms with Crippen molar-refractivity contribution in [2.75, 3.05) is 18.0 Å². The molecule has 3 N–H and O–H groups in total. The second-order valence-corrected chi connectivity index (χ2v) is 5.37. The van der Waals surface area contributed by atoms with Gasteiger partial charge in [0.05, 0.1) is 5.60 Å². The number of nitrogens with two attached hydrogens (primary N) is 1. The summed E-state index contributed by atoms with van der Waals surface area (Å²) in [6, 6.07) is 8.25. The molecule has 0 amide bonds. The summed E-state index contributed by atoms with van der Waals surface area (Å²) in [5.41, 5.74) is 7.75. The number of β-amino-alcohol motifs (C(OH)–C–C–N with tert-alkyl or cyclic N) is 1. The van der Waals surface area contributed by atoms with Crippen molar-refractivity contribution in [2.24, 2.45) is 5.73 Å². The van der Waals surface area contributed by atoms with Crippen molar-refractivity contribution in [1.82, 2.24) is 0 Å². The lowest BCUT2D eigenvalue weighted by molar-refractivity contribution is 0.0449. The first-order valence-electron chi connectivity index (χ1n) is 6.31. The molecular formula is C14H22N2O. The molecule has 2 rings (SSSR count). The van der Waals surface area contributed by atoms with E-state index < -0.39 is 5.60 Å². The lowest BCUT2D eigenvalue weighted by Gasteiger charge is -2.39. The molecule has 1 heterocycles. The Kier molecular flexibility index (Phi) is 3.40. The molecule has 1 unspecified atom stereocenters. The molecule has 94 valence electrons. The van der Waals surface area contributed by atoms with E-state index in [1.807, 2.05) is 26.0 Å². The van der Waals surface area contributed by atoms with Crippen LogP contribution in [0.15, 0.2) is 24.3 Å². The number of hydrogen-bond donors (Lipinski definition) is 2. The highest BCUT2D eigenvalue weighted by molar-refractivity contribution is 5.55. The summed E-state index contributed by atoms with van der Waals surface area (Å²) >= 11 is 0. The largest absolute Gasteiger partial charge is 0.388 e. The van der Waals surface area contributed by atoms with E-state index >= 15 is 0 Å². The summed E-state index contributed by atoms with van der Waals surface area (Å²) in [6.45, 7) is 5.60. The molecule has 1 aromatic rings. The molecule has 3 heteroatoms. The topological polar surface area (TPSA) is 49.5 Å². The van der Waals surface area contributed by atoms with E-state index in [-0.39, 0.29) is 6.04 Å². The van der Waals surface area contributed by atoms with Gasteiger partial charge in [0.1, 0.15) is 0 Å². The molecule has 0 radical (unpaired) electrons. The van der Waals surface area contributed by atoms with Crippen LogP contribution in [0.3, 0.4) is 0 Å². The van der Waals surface area contributed by atoms with Crippen LogP contribution < -0.4 is 10.6 Å². The third kappa shape index (κ3) is 2.79. The number of rotatable bonds is 2. The molecule has 1 saturated heterocycles. The first kappa shape index (κ1) is 12.4.